The fraction of sp³-hybridized carbons (Fsp3) is 0.455. The van der Waals surface area contributed by atoms with E-state index in [9.17, 15) is 18.3 Å². The first-order valence-corrected chi connectivity index (χ1v) is 10.6. The van der Waals surface area contributed by atoms with Crippen LogP contribution < -0.4 is 4.90 Å². The van der Waals surface area contributed by atoms with Crippen LogP contribution in [0.4, 0.5) is 19.0 Å². The van der Waals surface area contributed by atoms with E-state index in [1.807, 2.05) is 34.0 Å². The van der Waals surface area contributed by atoms with E-state index in [0.717, 1.165) is 42.3 Å². The zero-order valence-electron chi connectivity index (χ0n) is 18.0. The van der Waals surface area contributed by atoms with Crippen LogP contribution in [0, 0.1) is 0 Å². The summed E-state index contributed by atoms with van der Waals surface area (Å²) in [6.07, 6.45) is -0.184. The first-order chi connectivity index (χ1) is 15.2. The maximum absolute atomic E-state index is 12.8. The van der Waals surface area contributed by atoms with Gasteiger partial charge in [0.25, 0.3) is 0 Å². The molecule has 1 aliphatic rings. The summed E-state index contributed by atoms with van der Waals surface area (Å²) < 4.78 is 40.4. The number of rotatable bonds is 6. The molecule has 4 rings (SSSR count). The molecule has 2 atom stereocenters. The number of aliphatic hydroxyl groups excluding tert-OH is 1. The van der Waals surface area contributed by atoms with Crippen molar-refractivity contribution in [2.75, 3.05) is 24.5 Å². The minimum Gasteiger partial charge on any atom is -0.392 e. The summed E-state index contributed by atoms with van der Waals surface area (Å²) in [6.45, 7) is 7.18. The summed E-state index contributed by atoms with van der Waals surface area (Å²) in [5.74, 6) is 0.560. The van der Waals surface area contributed by atoms with Crippen LogP contribution in [0.25, 0.3) is 11.4 Å². The monoisotopic (exact) mass is 448 g/mol. The quantitative estimate of drug-likeness (QED) is 0.605. The first kappa shape index (κ1) is 22.3. The highest BCUT2D eigenvalue weighted by atomic mass is 19.4. The van der Waals surface area contributed by atoms with Crippen LogP contribution in [0.5, 0.6) is 0 Å². The fourth-order valence-corrected chi connectivity index (χ4v) is 4.22. The molecule has 32 heavy (non-hydrogen) atoms. The normalized spacial score (nSPS) is 18.8. The average molecular weight is 448 g/mol. The molecule has 2 N–H and O–H groups in total. The molecule has 1 aliphatic heterocycles. The summed E-state index contributed by atoms with van der Waals surface area (Å²) in [5.41, 5.74) is 2.22. The van der Waals surface area contributed by atoms with Crippen molar-refractivity contribution in [1.29, 1.82) is 0 Å². The lowest BCUT2D eigenvalue weighted by molar-refractivity contribution is -0.137. The van der Waals surface area contributed by atoms with Gasteiger partial charge in [-0.1, -0.05) is 0 Å². The molecule has 1 unspecified atom stereocenters. The molecule has 0 spiro atoms. The van der Waals surface area contributed by atoms with E-state index in [0.29, 0.717) is 25.5 Å². The number of hydrogen-bond donors (Lipinski definition) is 2. The molecule has 7 nitrogen and oxygen atoms in total. The second-order valence-electron chi connectivity index (χ2n) is 8.35. The van der Waals surface area contributed by atoms with Crippen LogP contribution in [0.3, 0.4) is 0 Å². The smallest absolute Gasteiger partial charge is 0.392 e. The highest BCUT2D eigenvalue weighted by Gasteiger charge is 2.32. The van der Waals surface area contributed by atoms with Crippen molar-refractivity contribution in [2.45, 2.75) is 45.3 Å². The fourth-order valence-electron chi connectivity index (χ4n) is 4.22. The number of H-pyrrole nitrogens is 1. The van der Waals surface area contributed by atoms with Crippen molar-refractivity contribution in [3.8, 4) is 11.4 Å². The third-order valence-electron chi connectivity index (χ3n) is 5.74. The molecule has 0 saturated carbocycles. The highest BCUT2D eigenvalue weighted by Crippen LogP contribution is 2.30. The number of nitrogens with zero attached hydrogens (tertiary/aromatic N) is 5. The Hall–Kier alpha value is -2.85. The minimum absolute atomic E-state index is 0.0995. The molecule has 0 bridgehead atoms. The van der Waals surface area contributed by atoms with Crippen LogP contribution in [0.1, 0.15) is 25.0 Å². The molecule has 1 saturated heterocycles. The van der Waals surface area contributed by atoms with Gasteiger partial charge in [-0.25, -0.2) is 4.98 Å². The van der Waals surface area contributed by atoms with Crippen LogP contribution in [0.15, 0.2) is 42.9 Å². The molecular weight excluding hydrogens is 421 g/mol. The highest BCUT2D eigenvalue weighted by molar-refractivity contribution is 5.59. The molecule has 3 aromatic heterocycles. The second kappa shape index (κ2) is 8.95. The third kappa shape index (κ3) is 4.81. The Morgan fingerprint density at radius 3 is 2.69 bits per heavy atom. The minimum atomic E-state index is -4.38. The van der Waals surface area contributed by atoms with E-state index in [2.05, 4.69) is 27.0 Å². The molecule has 0 amide bonds. The van der Waals surface area contributed by atoms with E-state index in [-0.39, 0.29) is 6.04 Å². The molecule has 172 valence electrons. The number of aliphatic hydroxyl groups is 1. The number of halogens is 3. The number of anilines is 1. The third-order valence-corrected chi connectivity index (χ3v) is 5.74. The zero-order valence-corrected chi connectivity index (χ0v) is 18.0. The Balaban J connectivity index is 1.43. The number of hydrogen-bond acceptors (Lipinski definition) is 5. The van der Waals surface area contributed by atoms with Crippen LogP contribution in [-0.4, -0.2) is 61.5 Å². The SMILES string of the molecule is CC(O)Cn1cccc1-c1[nH]ncc1CN1CCN(c2ccc(C(F)(F)F)cn2)[C@H](C)C1. The van der Waals surface area contributed by atoms with Crippen molar-refractivity contribution < 1.29 is 18.3 Å². The Morgan fingerprint density at radius 2 is 2.03 bits per heavy atom. The Labute approximate surface area is 184 Å². The topological polar surface area (TPSA) is 73.2 Å². The van der Waals surface area contributed by atoms with Gasteiger partial charge < -0.3 is 14.6 Å². The largest absolute Gasteiger partial charge is 0.417 e. The summed E-state index contributed by atoms with van der Waals surface area (Å²) in [7, 11) is 0. The average Bonchev–Trinajstić information content (AvgIpc) is 3.36. The number of aromatic amines is 1. The van der Waals surface area contributed by atoms with Gasteiger partial charge in [0.05, 0.1) is 29.3 Å². The lowest BCUT2D eigenvalue weighted by Crippen LogP contribution is -2.51. The van der Waals surface area contributed by atoms with Crippen molar-refractivity contribution in [3.63, 3.8) is 0 Å². The predicted molar refractivity (Wildman–Crippen MR) is 115 cm³/mol. The van der Waals surface area contributed by atoms with Gasteiger partial charge in [0, 0.05) is 56.7 Å². The lowest BCUT2D eigenvalue weighted by atomic mass is 10.1. The Bertz CT molecular complexity index is 1030. The van der Waals surface area contributed by atoms with Gasteiger partial charge in [-0.05, 0) is 38.1 Å². The van der Waals surface area contributed by atoms with E-state index in [1.54, 1.807) is 6.92 Å². The van der Waals surface area contributed by atoms with E-state index < -0.39 is 17.8 Å². The van der Waals surface area contributed by atoms with Gasteiger partial charge in [-0.2, -0.15) is 18.3 Å². The molecule has 10 heteroatoms. The maximum Gasteiger partial charge on any atom is 0.417 e. The lowest BCUT2D eigenvalue weighted by Gasteiger charge is -2.40. The van der Waals surface area contributed by atoms with Gasteiger partial charge in [0.2, 0.25) is 0 Å². The van der Waals surface area contributed by atoms with Crippen molar-refractivity contribution in [2.24, 2.45) is 0 Å². The van der Waals surface area contributed by atoms with Crippen molar-refractivity contribution in [1.82, 2.24) is 24.6 Å². The standard InChI is InChI=1S/C22H27F3N6O/c1-15-12-29(8-9-31(15)20-6-5-18(11-26-20)22(23,24)25)14-17-10-27-28-21(17)19-4-3-7-30(19)13-16(2)32/h3-7,10-11,15-16,32H,8-9,12-14H2,1-2H3,(H,27,28)/t15-,16?/m1/s1. The van der Waals surface area contributed by atoms with E-state index in [4.69, 9.17) is 0 Å². The summed E-state index contributed by atoms with van der Waals surface area (Å²) in [6, 6.07) is 6.57. The summed E-state index contributed by atoms with van der Waals surface area (Å²) in [5, 5.41) is 17.1. The number of aromatic nitrogens is 4. The van der Waals surface area contributed by atoms with Crippen molar-refractivity contribution in [3.05, 3.63) is 54.0 Å². The van der Waals surface area contributed by atoms with Crippen LogP contribution in [-0.2, 0) is 19.3 Å². The molecule has 1 fully saturated rings. The van der Waals surface area contributed by atoms with Crippen LogP contribution >= 0.6 is 0 Å². The van der Waals surface area contributed by atoms with Gasteiger partial charge in [-0.15, -0.1) is 0 Å². The number of pyridine rings is 1. The molecule has 3 aromatic rings. The van der Waals surface area contributed by atoms with Gasteiger partial charge in [-0.3, -0.25) is 10.00 Å². The summed E-state index contributed by atoms with van der Waals surface area (Å²) in [4.78, 5) is 8.40. The second-order valence-corrected chi connectivity index (χ2v) is 8.35. The Kier molecular flexibility index (Phi) is 6.25. The molecular formula is C22H27F3N6O. The van der Waals surface area contributed by atoms with Gasteiger partial charge in [0.1, 0.15) is 5.82 Å². The van der Waals surface area contributed by atoms with Gasteiger partial charge >= 0.3 is 6.18 Å². The molecule has 0 aliphatic carbocycles. The summed E-state index contributed by atoms with van der Waals surface area (Å²) >= 11 is 0. The molecule has 0 radical (unpaired) electrons. The van der Waals surface area contributed by atoms with E-state index >= 15 is 0 Å². The first-order valence-electron chi connectivity index (χ1n) is 10.6. The van der Waals surface area contributed by atoms with Crippen LogP contribution in [0.2, 0.25) is 0 Å². The number of nitrogens with one attached hydrogen (secondary N) is 1. The number of piperazine rings is 1. The van der Waals surface area contributed by atoms with Gasteiger partial charge in [0.15, 0.2) is 0 Å². The molecule has 4 heterocycles. The predicted octanol–water partition coefficient (Wildman–Crippen LogP) is 3.38. The zero-order chi connectivity index (χ0) is 22.9. The maximum atomic E-state index is 12.8. The Morgan fingerprint density at radius 1 is 1.22 bits per heavy atom. The molecule has 0 aromatic carbocycles. The van der Waals surface area contributed by atoms with E-state index in [1.165, 1.54) is 6.07 Å². The van der Waals surface area contributed by atoms with Crippen molar-refractivity contribution >= 4 is 5.82 Å². The number of alkyl halides is 3.